The van der Waals surface area contributed by atoms with Crippen molar-refractivity contribution in [1.29, 1.82) is 0 Å². The summed E-state index contributed by atoms with van der Waals surface area (Å²) in [5.74, 6) is 0.289. The van der Waals surface area contributed by atoms with Crippen LogP contribution in [0.4, 0.5) is 5.69 Å². The number of hydrogen-bond donors (Lipinski definition) is 2. The number of rotatable bonds is 3. The van der Waals surface area contributed by atoms with E-state index in [0.717, 1.165) is 15.5 Å². The Hall–Kier alpha value is -1.75. The number of carbonyl (C=O) groups excluding carboxylic acids is 1. The van der Waals surface area contributed by atoms with E-state index in [1.54, 1.807) is 7.05 Å². The maximum absolute atomic E-state index is 11.9. The van der Waals surface area contributed by atoms with Gasteiger partial charge in [0.05, 0.1) is 11.3 Å². The molecule has 0 bridgehead atoms. The van der Waals surface area contributed by atoms with Crippen LogP contribution >= 0.6 is 15.9 Å². The molecule has 2 N–H and O–H groups in total. The molecule has 4 nitrogen and oxygen atoms in total. The number of carbonyl (C=O) groups is 1. The number of nitrogens with one attached hydrogen (secondary N) is 2. The van der Waals surface area contributed by atoms with Crippen molar-refractivity contribution in [2.24, 2.45) is 0 Å². The third kappa shape index (κ3) is 1.90. The first-order chi connectivity index (χ1) is 8.62. The zero-order valence-corrected chi connectivity index (χ0v) is 11.7. The van der Waals surface area contributed by atoms with Gasteiger partial charge in [-0.1, -0.05) is 6.58 Å². The monoisotopic (exact) mass is 308 g/mol. The molecule has 1 aromatic heterocycles. The molecule has 18 heavy (non-hydrogen) atoms. The lowest BCUT2D eigenvalue weighted by Crippen LogP contribution is -2.18. The second kappa shape index (κ2) is 4.86. The van der Waals surface area contributed by atoms with Crippen LogP contribution in [-0.2, 0) is 0 Å². The highest BCUT2D eigenvalue weighted by Crippen LogP contribution is 2.33. The smallest absolute Gasteiger partial charge is 0.255 e. The number of benzene rings is 1. The van der Waals surface area contributed by atoms with Crippen LogP contribution in [0.15, 0.2) is 27.6 Å². The third-order valence-electron chi connectivity index (χ3n) is 2.71. The summed E-state index contributed by atoms with van der Waals surface area (Å²) in [5, 5.41) is 6.41. The van der Waals surface area contributed by atoms with Gasteiger partial charge < -0.3 is 15.1 Å². The molecule has 0 aliphatic carbocycles. The average molecular weight is 309 g/mol. The van der Waals surface area contributed by atoms with E-state index in [1.807, 2.05) is 19.2 Å². The maximum Gasteiger partial charge on any atom is 0.255 e. The van der Waals surface area contributed by atoms with Crippen LogP contribution in [-0.4, -0.2) is 20.0 Å². The molecule has 0 atom stereocenters. The summed E-state index contributed by atoms with van der Waals surface area (Å²) in [5.41, 5.74) is 2.05. The van der Waals surface area contributed by atoms with Gasteiger partial charge in [0.1, 0.15) is 11.3 Å². The summed E-state index contributed by atoms with van der Waals surface area (Å²) in [4.78, 5) is 11.9. The molecule has 2 aromatic rings. The Morgan fingerprint density at radius 2 is 2.17 bits per heavy atom. The van der Waals surface area contributed by atoms with Crippen molar-refractivity contribution < 1.29 is 9.21 Å². The van der Waals surface area contributed by atoms with Crippen molar-refractivity contribution in [2.45, 2.75) is 0 Å². The van der Waals surface area contributed by atoms with Gasteiger partial charge in [-0.2, -0.15) is 0 Å². The predicted octanol–water partition coefficient (Wildman–Crippen LogP) is 3.24. The summed E-state index contributed by atoms with van der Waals surface area (Å²) in [6.45, 7) is 3.67. The SMILES string of the molecule is C=Cc1oc2cc(NC)c(Br)cc2c1C(=O)NC. The van der Waals surface area contributed by atoms with Gasteiger partial charge >= 0.3 is 0 Å². The molecule has 1 aromatic carbocycles. The number of furan rings is 1. The van der Waals surface area contributed by atoms with E-state index in [-0.39, 0.29) is 5.91 Å². The van der Waals surface area contributed by atoms with E-state index in [1.165, 1.54) is 6.08 Å². The molecule has 0 radical (unpaired) electrons. The number of amides is 1. The van der Waals surface area contributed by atoms with Crippen molar-refractivity contribution in [3.05, 3.63) is 34.5 Å². The Bertz CT molecular complexity index is 631. The molecule has 0 aliphatic heterocycles. The van der Waals surface area contributed by atoms with E-state index in [2.05, 4.69) is 33.1 Å². The largest absolute Gasteiger partial charge is 0.456 e. The Morgan fingerprint density at radius 1 is 1.44 bits per heavy atom. The Morgan fingerprint density at radius 3 is 2.72 bits per heavy atom. The van der Waals surface area contributed by atoms with Crippen molar-refractivity contribution in [2.75, 3.05) is 19.4 Å². The van der Waals surface area contributed by atoms with Crippen molar-refractivity contribution in [1.82, 2.24) is 5.32 Å². The molecule has 0 saturated carbocycles. The zero-order valence-electron chi connectivity index (χ0n) is 10.1. The van der Waals surface area contributed by atoms with E-state index >= 15 is 0 Å². The first kappa shape index (κ1) is 12.7. The molecule has 94 valence electrons. The van der Waals surface area contributed by atoms with Crippen molar-refractivity contribution in [3.63, 3.8) is 0 Å². The number of hydrogen-bond acceptors (Lipinski definition) is 3. The second-order valence-corrected chi connectivity index (χ2v) is 4.56. The molecular formula is C13H13BrN2O2. The van der Waals surface area contributed by atoms with Crippen LogP contribution in [0.25, 0.3) is 17.0 Å². The van der Waals surface area contributed by atoms with Gasteiger partial charge in [-0.05, 0) is 28.1 Å². The predicted molar refractivity (Wildman–Crippen MR) is 76.9 cm³/mol. The molecule has 1 amide bonds. The van der Waals surface area contributed by atoms with Crippen LogP contribution in [0.1, 0.15) is 16.1 Å². The minimum atomic E-state index is -0.187. The van der Waals surface area contributed by atoms with Gasteiger partial charge in [-0.15, -0.1) is 0 Å². The molecule has 5 heteroatoms. The molecular weight excluding hydrogens is 296 g/mol. The first-order valence-corrected chi connectivity index (χ1v) is 6.20. The lowest BCUT2D eigenvalue weighted by atomic mass is 10.1. The quantitative estimate of drug-likeness (QED) is 0.915. The van der Waals surface area contributed by atoms with E-state index in [4.69, 9.17) is 4.42 Å². The number of fused-ring (bicyclic) bond motifs is 1. The highest BCUT2D eigenvalue weighted by molar-refractivity contribution is 9.10. The summed E-state index contributed by atoms with van der Waals surface area (Å²) >= 11 is 3.45. The van der Waals surface area contributed by atoms with Gasteiger partial charge in [-0.3, -0.25) is 4.79 Å². The highest BCUT2D eigenvalue weighted by atomic mass is 79.9. The Kier molecular flexibility index (Phi) is 3.43. The van der Waals surface area contributed by atoms with E-state index in [0.29, 0.717) is 16.9 Å². The first-order valence-electron chi connectivity index (χ1n) is 5.40. The zero-order chi connectivity index (χ0) is 13.3. The fourth-order valence-electron chi connectivity index (χ4n) is 1.83. The standard InChI is InChI=1S/C13H13BrN2O2/c1-4-10-12(13(17)16-3)7-5-8(14)9(15-2)6-11(7)18-10/h4-6,15H,1H2,2-3H3,(H,16,17). The highest BCUT2D eigenvalue weighted by Gasteiger charge is 2.19. The number of anilines is 1. The summed E-state index contributed by atoms with van der Waals surface area (Å²) in [6.07, 6.45) is 1.54. The van der Waals surface area contributed by atoms with Gasteiger partial charge in [0.25, 0.3) is 5.91 Å². The van der Waals surface area contributed by atoms with Crippen molar-refractivity contribution in [3.8, 4) is 0 Å². The van der Waals surface area contributed by atoms with E-state index in [9.17, 15) is 4.79 Å². The summed E-state index contributed by atoms with van der Waals surface area (Å²) in [7, 11) is 3.41. The molecule has 0 spiro atoms. The van der Waals surface area contributed by atoms with Crippen LogP contribution in [0.3, 0.4) is 0 Å². The molecule has 0 saturated heterocycles. The Balaban J connectivity index is 2.79. The third-order valence-corrected chi connectivity index (χ3v) is 3.37. The van der Waals surface area contributed by atoms with Gasteiger partial charge in [0.15, 0.2) is 0 Å². The minimum Gasteiger partial charge on any atom is -0.456 e. The Labute approximate surface area is 113 Å². The average Bonchev–Trinajstić information content (AvgIpc) is 2.74. The van der Waals surface area contributed by atoms with Crippen molar-refractivity contribution >= 4 is 44.6 Å². The van der Waals surface area contributed by atoms with Gasteiger partial charge in [0, 0.05) is 30.0 Å². The fraction of sp³-hybridized carbons (Fsp3) is 0.154. The molecule has 1 heterocycles. The molecule has 0 aliphatic rings. The normalized spacial score (nSPS) is 10.4. The van der Waals surface area contributed by atoms with Crippen LogP contribution in [0.2, 0.25) is 0 Å². The van der Waals surface area contributed by atoms with Crippen LogP contribution in [0.5, 0.6) is 0 Å². The topological polar surface area (TPSA) is 54.3 Å². The summed E-state index contributed by atoms with van der Waals surface area (Å²) in [6, 6.07) is 3.71. The van der Waals surface area contributed by atoms with Crippen LogP contribution < -0.4 is 10.6 Å². The second-order valence-electron chi connectivity index (χ2n) is 3.70. The minimum absolute atomic E-state index is 0.187. The molecule has 2 rings (SSSR count). The fourth-order valence-corrected chi connectivity index (χ4v) is 2.37. The van der Waals surface area contributed by atoms with Crippen LogP contribution in [0, 0.1) is 0 Å². The van der Waals surface area contributed by atoms with Gasteiger partial charge in [0.2, 0.25) is 0 Å². The lowest BCUT2D eigenvalue weighted by molar-refractivity contribution is 0.0963. The maximum atomic E-state index is 11.9. The van der Waals surface area contributed by atoms with E-state index < -0.39 is 0 Å². The number of halogens is 1. The summed E-state index contributed by atoms with van der Waals surface area (Å²) < 4.78 is 6.50. The lowest BCUT2D eigenvalue weighted by Gasteiger charge is -2.03. The molecule has 0 unspecified atom stereocenters. The van der Waals surface area contributed by atoms with Gasteiger partial charge in [-0.25, -0.2) is 0 Å². The molecule has 0 fully saturated rings.